The summed E-state index contributed by atoms with van der Waals surface area (Å²) >= 11 is 0. The molecule has 0 aromatic heterocycles. The number of nitrogens with zero attached hydrogens (tertiary/aromatic N) is 2. The lowest BCUT2D eigenvalue weighted by atomic mass is 9.91. The summed E-state index contributed by atoms with van der Waals surface area (Å²) in [5.41, 5.74) is 6.34. The molecule has 0 aromatic rings. The maximum Gasteiger partial charge on any atom is 0.0628 e. The molecule has 2 aliphatic rings. The SMILES string of the molecule is CC(N)C1CCCN(CC2(CC#N)CC2)C1. The Balaban J connectivity index is 1.84. The van der Waals surface area contributed by atoms with Gasteiger partial charge in [0.15, 0.2) is 0 Å². The zero-order chi connectivity index (χ0) is 11.6. The lowest BCUT2D eigenvalue weighted by Gasteiger charge is -2.36. The Morgan fingerprint density at radius 3 is 2.88 bits per heavy atom. The molecule has 2 atom stereocenters. The summed E-state index contributed by atoms with van der Waals surface area (Å²) in [4.78, 5) is 2.54. The van der Waals surface area contributed by atoms with Crippen LogP contribution in [0.25, 0.3) is 0 Å². The molecule has 1 saturated heterocycles. The van der Waals surface area contributed by atoms with Gasteiger partial charge in [-0.1, -0.05) is 0 Å². The molecule has 0 aromatic carbocycles. The van der Waals surface area contributed by atoms with Crippen molar-refractivity contribution in [1.82, 2.24) is 4.90 Å². The Labute approximate surface area is 98.6 Å². The van der Waals surface area contributed by atoms with E-state index >= 15 is 0 Å². The molecule has 2 unspecified atom stereocenters. The van der Waals surface area contributed by atoms with E-state index in [0.717, 1.165) is 19.5 Å². The minimum Gasteiger partial charge on any atom is -0.328 e. The highest BCUT2D eigenvalue weighted by atomic mass is 15.1. The van der Waals surface area contributed by atoms with Gasteiger partial charge in [0, 0.05) is 25.6 Å². The second kappa shape index (κ2) is 4.73. The number of likely N-dealkylation sites (tertiary alicyclic amines) is 1. The molecule has 3 heteroatoms. The van der Waals surface area contributed by atoms with Gasteiger partial charge in [0.25, 0.3) is 0 Å². The Kier molecular flexibility index (Phi) is 3.51. The molecule has 1 saturated carbocycles. The zero-order valence-electron chi connectivity index (χ0n) is 10.3. The Morgan fingerprint density at radius 1 is 1.56 bits per heavy atom. The van der Waals surface area contributed by atoms with Crippen LogP contribution in [-0.4, -0.2) is 30.6 Å². The first-order chi connectivity index (χ1) is 7.65. The maximum absolute atomic E-state index is 8.82. The molecular formula is C13H23N3. The van der Waals surface area contributed by atoms with Crippen LogP contribution in [0.4, 0.5) is 0 Å². The summed E-state index contributed by atoms with van der Waals surface area (Å²) in [5, 5.41) is 8.82. The van der Waals surface area contributed by atoms with Gasteiger partial charge in [0.05, 0.1) is 6.07 Å². The van der Waals surface area contributed by atoms with Gasteiger partial charge < -0.3 is 10.6 Å². The minimum atomic E-state index is 0.314. The largest absolute Gasteiger partial charge is 0.328 e. The van der Waals surface area contributed by atoms with Gasteiger partial charge >= 0.3 is 0 Å². The van der Waals surface area contributed by atoms with Crippen LogP contribution in [0.3, 0.4) is 0 Å². The van der Waals surface area contributed by atoms with Crippen LogP contribution < -0.4 is 5.73 Å². The van der Waals surface area contributed by atoms with Gasteiger partial charge in [0.1, 0.15) is 0 Å². The number of rotatable bonds is 4. The summed E-state index contributed by atoms with van der Waals surface area (Å²) in [5.74, 6) is 0.659. The van der Waals surface area contributed by atoms with Gasteiger partial charge in [-0.15, -0.1) is 0 Å². The summed E-state index contributed by atoms with van der Waals surface area (Å²) in [7, 11) is 0. The van der Waals surface area contributed by atoms with Crippen LogP contribution in [0.1, 0.15) is 39.0 Å². The second-order valence-corrected chi connectivity index (χ2v) is 5.83. The third kappa shape index (κ3) is 2.75. The summed E-state index contributed by atoms with van der Waals surface area (Å²) < 4.78 is 0. The highest BCUT2D eigenvalue weighted by Crippen LogP contribution is 2.49. The van der Waals surface area contributed by atoms with E-state index < -0.39 is 0 Å². The third-order valence-corrected chi connectivity index (χ3v) is 4.26. The molecule has 3 nitrogen and oxygen atoms in total. The standard InChI is InChI=1S/C13H23N3/c1-11(15)12-3-2-8-16(9-12)10-13(4-5-13)6-7-14/h11-12H,2-6,8-10,15H2,1H3. The maximum atomic E-state index is 8.82. The molecular weight excluding hydrogens is 198 g/mol. The number of hydrogen-bond donors (Lipinski definition) is 1. The number of nitrogens with two attached hydrogens (primary N) is 1. The number of hydrogen-bond acceptors (Lipinski definition) is 3. The quantitative estimate of drug-likeness (QED) is 0.786. The van der Waals surface area contributed by atoms with Crippen molar-refractivity contribution in [1.29, 1.82) is 5.26 Å². The van der Waals surface area contributed by atoms with Crippen molar-refractivity contribution in [3.63, 3.8) is 0 Å². The molecule has 0 radical (unpaired) electrons. The van der Waals surface area contributed by atoms with Crippen LogP contribution >= 0.6 is 0 Å². The molecule has 0 spiro atoms. The van der Waals surface area contributed by atoms with E-state index in [-0.39, 0.29) is 0 Å². The van der Waals surface area contributed by atoms with Crippen molar-refractivity contribution in [2.24, 2.45) is 17.1 Å². The van der Waals surface area contributed by atoms with Gasteiger partial charge in [-0.05, 0) is 50.5 Å². The topological polar surface area (TPSA) is 53.0 Å². The fourth-order valence-corrected chi connectivity index (χ4v) is 2.87. The highest BCUT2D eigenvalue weighted by Gasteiger charge is 2.44. The van der Waals surface area contributed by atoms with E-state index in [2.05, 4.69) is 17.9 Å². The Bertz CT molecular complexity index is 275. The molecule has 1 aliphatic carbocycles. The third-order valence-electron chi connectivity index (χ3n) is 4.26. The van der Waals surface area contributed by atoms with Crippen molar-refractivity contribution in [2.45, 2.75) is 45.1 Å². The minimum absolute atomic E-state index is 0.314. The highest BCUT2D eigenvalue weighted by molar-refractivity contribution is 5.01. The van der Waals surface area contributed by atoms with Gasteiger partial charge in [-0.2, -0.15) is 5.26 Å². The van der Waals surface area contributed by atoms with E-state index in [9.17, 15) is 0 Å². The molecule has 2 N–H and O–H groups in total. The van der Waals surface area contributed by atoms with Gasteiger partial charge in [-0.25, -0.2) is 0 Å². The van der Waals surface area contributed by atoms with Crippen LogP contribution in [0, 0.1) is 22.7 Å². The lowest BCUT2D eigenvalue weighted by Crippen LogP contribution is -2.44. The van der Waals surface area contributed by atoms with Gasteiger partial charge in [0.2, 0.25) is 0 Å². The molecule has 0 amide bonds. The van der Waals surface area contributed by atoms with E-state index in [4.69, 9.17) is 11.0 Å². The fourth-order valence-electron chi connectivity index (χ4n) is 2.87. The van der Waals surface area contributed by atoms with Crippen LogP contribution in [0.15, 0.2) is 0 Å². The molecule has 0 bridgehead atoms. The first-order valence-electron chi connectivity index (χ1n) is 6.50. The van der Waals surface area contributed by atoms with Crippen molar-refractivity contribution in [2.75, 3.05) is 19.6 Å². The molecule has 16 heavy (non-hydrogen) atoms. The fraction of sp³-hybridized carbons (Fsp3) is 0.923. The predicted molar refractivity (Wildman–Crippen MR) is 64.7 cm³/mol. The molecule has 2 fully saturated rings. The van der Waals surface area contributed by atoms with Crippen LogP contribution in [0.5, 0.6) is 0 Å². The first-order valence-corrected chi connectivity index (χ1v) is 6.50. The smallest absolute Gasteiger partial charge is 0.0628 e. The van der Waals surface area contributed by atoms with Crippen molar-refractivity contribution >= 4 is 0 Å². The molecule has 1 heterocycles. The first kappa shape index (κ1) is 11.9. The van der Waals surface area contributed by atoms with Crippen molar-refractivity contribution < 1.29 is 0 Å². The van der Waals surface area contributed by atoms with E-state index in [0.29, 0.717) is 17.4 Å². The second-order valence-electron chi connectivity index (χ2n) is 5.83. The van der Waals surface area contributed by atoms with Crippen molar-refractivity contribution in [3.05, 3.63) is 0 Å². The summed E-state index contributed by atoms with van der Waals surface area (Å²) in [6.07, 6.45) is 5.79. The molecule has 1 aliphatic heterocycles. The molecule has 2 rings (SSSR count). The lowest BCUT2D eigenvalue weighted by molar-refractivity contribution is 0.135. The average Bonchev–Trinajstić information content (AvgIpc) is 2.99. The average molecular weight is 221 g/mol. The summed E-state index contributed by atoms with van der Waals surface area (Å²) in [6.45, 7) is 5.60. The van der Waals surface area contributed by atoms with E-state index in [1.165, 1.54) is 32.2 Å². The number of piperidine rings is 1. The number of nitriles is 1. The van der Waals surface area contributed by atoms with E-state index in [1.54, 1.807) is 0 Å². The van der Waals surface area contributed by atoms with E-state index in [1.807, 2.05) is 0 Å². The van der Waals surface area contributed by atoms with Gasteiger partial charge in [-0.3, -0.25) is 0 Å². The Hall–Kier alpha value is -0.590. The zero-order valence-corrected chi connectivity index (χ0v) is 10.3. The predicted octanol–water partition coefficient (Wildman–Crippen LogP) is 1.74. The van der Waals surface area contributed by atoms with Crippen molar-refractivity contribution in [3.8, 4) is 6.07 Å². The molecule has 90 valence electrons. The van der Waals surface area contributed by atoms with Crippen LogP contribution in [0.2, 0.25) is 0 Å². The summed E-state index contributed by atoms with van der Waals surface area (Å²) in [6, 6.07) is 2.66. The Morgan fingerprint density at radius 2 is 2.31 bits per heavy atom. The normalized spacial score (nSPS) is 30.7. The monoisotopic (exact) mass is 221 g/mol. The van der Waals surface area contributed by atoms with Crippen LogP contribution in [-0.2, 0) is 0 Å².